The number of carbonyl (C=O) groups is 1. The van der Waals surface area contributed by atoms with Gasteiger partial charge in [0.15, 0.2) is 0 Å². The summed E-state index contributed by atoms with van der Waals surface area (Å²) >= 11 is 0. The zero-order valence-corrected chi connectivity index (χ0v) is 12.0. The average molecular weight is 299 g/mol. The van der Waals surface area contributed by atoms with Gasteiger partial charge in [-0.1, -0.05) is 36.4 Å². The van der Waals surface area contributed by atoms with Crippen molar-refractivity contribution >= 4 is 17.4 Å². The summed E-state index contributed by atoms with van der Waals surface area (Å²) in [6.07, 6.45) is 1.71. The van der Waals surface area contributed by atoms with Crippen molar-refractivity contribution < 1.29 is 9.72 Å². The van der Waals surface area contributed by atoms with Crippen LogP contribution >= 0.6 is 0 Å². The third-order valence-corrected chi connectivity index (χ3v) is 3.09. The van der Waals surface area contributed by atoms with Crippen molar-refractivity contribution in [1.29, 1.82) is 0 Å². The molecule has 22 heavy (non-hydrogen) atoms. The second-order valence-electron chi connectivity index (χ2n) is 4.78. The van der Waals surface area contributed by atoms with E-state index in [4.69, 9.17) is 0 Å². The van der Waals surface area contributed by atoms with Crippen LogP contribution in [0.2, 0.25) is 0 Å². The van der Waals surface area contributed by atoms with Crippen molar-refractivity contribution in [2.24, 2.45) is 0 Å². The van der Waals surface area contributed by atoms with Crippen LogP contribution in [0.25, 0.3) is 0 Å². The van der Waals surface area contributed by atoms with E-state index in [1.807, 2.05) is 30.3 Å². The molecule has 6 heteroatoms. The van der Waals surface area contributed by atoms with Gasteiger partial charge in [0.25, 0.3) is 5.69 Å². The first-order valence-corrected chi connectivity index (χ1v) is 6.98. The predicted molar refractivity (Wildman–Crippen MR) is 84.9 cm³/mol. The summed E-state index contributed by atoms with van der Waals surface area (Å²) in [7, 11) is 0. The fourth-order valence-electron chi connectivity index (χ4n) is 2.01. The van der Waals surface area contributed by atoms with E-state index in [-0.39, 0.29) is 11.7 Å². The second kappa shape index (κ2) is 7.78. The van der Waals surface area contributed by atoms with Gasteiger partial charge >= 0.3 is 6.03 Å². The molecule has 0 fully saturated rings. The lowest BCUT2D eigenvalue weighted by Crippen LogP contribution is -2.29. The molecular weight excluding hydrogens is 282 g/mol. The second-order valence-corrected chi connectivity index (χ2v) is 4.78. The number of hydrogen-bond acceptors (Lipinski definition) is 3. The summed E-state index contributed by atoms with van der Waals surface area (Å²) < 4.78 is 0. The highest BCUT2D eigenvalue weighted by molar-refractivity contribution is 5.89. The minimum atomic E-state index is -0.497. The zero-order chi connectivity index (χ0) is 15.8. The van der Waals surface area contributed by atoms with Gasteiger partial charge in [-0.05, 0) is 24.5 Å². The van der Waals surface area contributed by atoms with Crippen LogP contribution in [0.3, 0.4) is 0 Å². The van der Waals surface area contributed by atoms with E-state index in [1.165, 1.54) is 23.8 Å². The van der Waals surface area contributed by atoms with E-state index in [0.717, 1.165) is 12.8 Å². The third-order valence-electron chi connectivity index (χ3n) is 3.09. The van der Waals surface area contributed by atoms with Crippen LogP contribution in [0.1, 0.15) is 12.0 Å². The van der Waals surface area contributed by atoms with Gasteiger partial charge in [0.2, 0.25) is 0 Å². The van der Waals surface area contributed by atoms with Crippen LogP contribution in [0.15, 0.2) is 54.6 Å². The molecule has 6 nitrogen and oxygen atoms in total. The van der Waals surface area contributed by atoms with E-state index in [2.05, 4.69) is 10.6 Å². The highest BCUT2D eigenvalue weighted by atomic mass is 16.6. The highest BCUT2D eigenvalue weighted by Crippen LogP contribution is 2.16. The standard InChI is InChI=1S/C16H17N3O3/c20-16(17-11-5-8-13-6-2-1-3-7-13)18-14-9-4-10-15(12-14)19(21)22/h1-4,6-7,9-10,12H,5,8,11H2,(H2,17,18,20). The lowest BCUT2D eigenvalue weighted by molar-refractivity contribution is -0.384. The van der Waals surface area contributed by atoms with Crippen LogP contribution in [0, 0.1) is 10.1 Å². The maximum Gasteiger partial charge on any atom is 0.319 e. The van der Waals surface area contributed by atoms with Crippen molar-refractivity contribution in [1.82, 2.24) is 5.32 Å². The Morgan fingerprint density at radius 1 is 1.09 bits per heavy atom. The molecule has 0 radical (unpaired) electrons. The first-order valence-electron chi connectivity index (χ1n) is 6.98. The van der Waals surface area contributed by atoms with E-state index in [1.54, 1.807) is 6.07 Å². The molecule has 0 aliphatic heterocycles. The predicted octanol–water partition coefficient (Wildman–Crippen LogP) is 3.35. The molecule has 0 aromatic heterocycles. The van der Waals surface area contributed by atoms with Crippen molar-refractivity contribution in [2.75, 3.05) is 11.9 Å². The van der Waals surface area contributed by atoms with Gasteiger partial charge in [0, 0.05) is 24.4 Å². The Balaban J connectivity index is 1.74. The minimum Gasteiger partial charge on any atom is -0.338 e. The molecule has 0 atom stereocenters. The molecule has 2 aromatic rings. The van der Waals surface area contributed by atoms with E-state index in [0.29, 0.717) is 12.2 Å². The highest BCUT2D eigenvalue weighted by Gasteiger charge is 2.07. The lowest BCUT2D eigenvalue weighted by atomic mass is 10.1. The number of hydrogen-bond donors (Lipinski definition) is 2. The number of rotatable bonds is 6. The molecule has 2 rings (SSSR count). The number of urea groups is 1. The lowest BCUT2D eigenvalue weighted by Gasteiger charge is -2.07. The van der Waals surface area contributed by atoms with Gasteiger partial charge < -0.3 is 10.6 Å². The molecule has 0 unspecified atom stereocenters. The monoisotopic (exact) mass is 299 g/mol. The number of amides is 2. The number of non-ortho nitro benzene ring substituents is 1. The summed E-state index contributed by atoms with van der Waals surface area (Å²) in [5, 5.41) is 16.0. The maximum absolute atomic E-state index is 11.7. The SMILES string of the molecule is O=C(NCCCc1ccccc1)Nc1cccc([N+](=O)[O-])c1. The number of anilines is 1. The molecule has 0 aliphatic rings. The molecule has 114 valence electrons. The molecular formula is C16H17N3O3. The van der Waals surface area contributed by atoms with Crippen molar-refractivity contribution in [3.63, 3.8) is 0 Å². The Labute approximate surface area is 128 Å². The van der Waals surface area contributed by atoms with Gasteiger partial charge in [-0.25, -0.2) is 4.79 Å². The smallest absolute Gasteiger partial charge is 0.319 e. The number of nitro benzene ring substituents is 1. The number of nitro groups is 1. The largest absolute Gasteiger partial charge is 0.338 e. The Morgan fingerprint density at radius 2 is 1.86 bits per heavy atom. The Hall–Kier alpha value is -2.89. The third kappa shape index (κ3) is 4.90. The molecule has 2 N–H and O–H groups in total. The van der Waals surface area contributed by atoms with Gasteiger partial charge in [-0.15, -0.1) is 0 Å². The molecule has 2 aromatic carbocycles. The Kier molecular flexibility index (Phi) is 5.48. The summed E-state index contributed by atoms with van der Waals surface area (Å²) in [4.78, 5) is 21.9. The van der Waals surface area contributed by atoms with E-state index in [9.17, 15) is 14.9 Å². The van der Waals surface area contributed by atoms with Gasteiger partial charge in [0.1, 0.15) is 0 Å². The number of benzene rings is 2. The fourth-order valence-corrected chi connectivity index (χ4v) is 2.01. The Morgan fingerprint density at radius 3 is 2.59 bits per heavy atom. The molecule has 2 amide bonds. The Bertz CT molecular complexity index is 644. The van der Waals surface area contributed by atoms with Gasteiger partial charge in [0.05, 0.1) is 4.92 Å². The average Bonchev–Trinajstić information content (AvgIpc) is 2.53. The number of carbonyl (C=O) groups excluding carboxylic acids is 1. The number of nitrogens with one attached hydrogen (secondary N) is 2. The first-order chi connectivity index (χ1) is 10.6. The summed E-state index contributed by atoms with van der Waals surface area (Å²) in [5.41, 5.74) is 1.57. The topological polar surface area (TPSA) is 84.3 Å². The molecule has 0 bridgehead atoms. The fraction of sp³-hybridized carbons (Fsp3) is 0.188. The van der Waals surface area contributed by atoms with Crippen LogP contribution in [-0.4, -0.2) is 17.5 Å². The van der Waals surface area contributed by atoms with Crippen LogP contribution in [0.4, 0.5) is 16.2 Å². The number of nitrogens with zero attached hydrogens (tertiary/aromatic N) is 1. The molecule has 0 heterocycles. The molecule has 0 aliphatic carbocycles. The first kappa shape index (κ1) is 15.5. The molecule has 0 spiro atoms. The quantitative estimate of drug-likeness (QED) is 0.487. The maximum atomic E-state index is 11.7. The van der Waals surface area contributed by atoms with Crippen molar-refractivity contribution in [3.8, 4) is 0 Å². The van der Waals surface area contributed by atoms with E-state index < -0.39 is 4.92 Å². The summed E-state index contributed by atoms with van der Waals surface area (Å²) in [6, 6.07) is 15.5. The van der Waals surface area contributed by atoms with Crippen LogP contribution < -0.4 is 10.6 Å². The normalized spacial score (nSPS) is 10.0. The van der Waals surface area contributed by atoms with Crippen LogP contribution in [-0.2, 0) is 6.42 Å². The van der Waals surface area contributed by atoms with Gasteiger partial charge in [-0.2, -0.15) is 0 Å². The van der Waals surface area contributed by atoms with Crippen molar-refractivity contribution in [2.45, 2.75) is 12.8 Å². The molecule has 0 saturated heterocycles. The van der Waals surface area contributed by atoms with Gasteiger partial charge in [-0.3, -0.25) is 10.1 Å². The van der Waals surface area contributed by atoms with E-state index >= 15 is 0 Å². The molecule has 0 saturated carbocycles. The number of aryl methyl sites for hydroxylation is 1. The summed E-state index contributed by atoms with van der Waals surface area (Å²) in [6.45, 7) is 0.537. The minimum absolute atomic E-state index is 0.0538. The van der Waals surface area contributed by atoms with Crippen LogP contribution in [0.5, 0.6) is 0 Å². The van der Waals surface area contributed by atoms with Crippen molar-refractivity contribution in [3.05, 3.63) is 70.3 Å². The summed E-state index contributed by atoms with van der Waals surface area (Å²) in [5.74, 6) is 0. The zero-order valence-electron chi connectivity index (χ0n) is 12.0.